The Morgan fingerprint density at radius 2 is 1.82 bits per heavy atom. The van der Waals surface area contributed by atoms with E-state index in [1.807, 2.05) is 37.3 Å². The van der Waals surface area contributed by atoms with Crippen molar-refractivity contribution < 1.29 is 13.9 Å². The highest BCUT2D eigenvalue weighted by Gasteiger charge is 2.06. The van der Waals surface area contributed by atoms with Crippen LogP contribution in [0.4, 0.5) is 4.39 Å². The monoisotopic (exact) mass is 301 g/mol. The first-order valence-electron chi connectivity index (χ1n) is 7.37. The Balaban J connectivity index is 1.65. The lowest BCUT2D eigenvalue weighted by molar-refractivity contribution is 0.0635. The molecule has 4 heteroatoms. The van der Waals surface area contributed by atoms with Crippen LogP contribution < -0.4 is 5.32 Å². The van der Waals surface area contributed by atoms with Gasteiger partial charge in [-0.3, -0.25) is 4.79 Å². The second-order valence-corrected chi connectivity index (χ2v) is 5.04. The van der Waals surface area contributed by atoms with Crippen molar-refractivity contribution in [2.24, 2.45) is 0 Å². The third kappa shape index (κ3) is 4.97. The molecule has 0 saturated heterocycles. The molecule has 0 aliphatic heterocycles. The van der Waals surface area contributed by atoms with Crippen LogP contribution in [0.2, 0.25) is 0 Å². The Hall–Kier alpha value is -2.20. The average Bonchev–Trinajstić information content (AvgIpc) is 2.55. The summed E-state index contributed by atoms with van der Waals surface area (Å²) in [5.41, 5.74) is 1.60. The topological polar surface area (TPSA) is 38.3 Å². The fraction of sp³-hybridized carbons (Fsp3) is 0.278. The minimum Gasteiger partial charge on any atom is -0.374 e. The van der Waals surface area contributed by atoms with Gasteiger partial charge in [-0.25, -0.2) is 4.39 Å². The van der Waals surface area contributed by atoms with E-state index in [0.29, 0.717) is 18.7 Å². The van der Waals surface area contributed by atoms with Crippen molar-refractivity contribution in [2.45, 2.75) is 19.4 Å². The number of nitrogens with one attached hydrogen (secondary N) is 1. The molecule has 1 atom stereocenters. The van der Waals surface area contributed by atoms with Gasteiger partial charge in [-0.15, -0.1) is 0 Å². The summed E-state index contributed by atoms with van der Waals surface area (Å²) in [6, 6.07) is 15.5. The number of rotatable bonds is 7. The molecule has 0 fully saturated rings. The number of ether oxygens (including phenoxy) is 1. The second-order valence-electron chi connectivity index (χ2n) is 5.04. The maximum absolute atomic E-state index is 12.8. The molecule has 1 unspecified atom stereocenters. The van der Waals surface area contributed by atoms with E-state index < -0.39 is 0 Å². The minimum absolute atomic E-state index is 0.0361. The van der Waals surface area contributed by atoms with Gasteiger partial charge in [0.15, 0.2) is 0 Å². The van der Waals surface area contributed by atoms with Crippen molar-refractivity contribution in [3.8, 4) is 0 Å². The third-order valence-electron chi connectivity index (χ3n) is 3.35. The van der Waals surface area contributed by atoms with E-state index in [1.165, 1.54) is 24.3 Å². The number of benzene rings is 2. The zero-order valence-corrected chi connectivity index (χ0v) is 12.6. The van der Waals surface area contributed by atoms with Gasteiger partial charge in [0.05, 0.1) is 6.10 Å². The first-order valence-corrected chi connectivity index (χ1v) is 7.37. The summed E-state index contributed by atoms with van der Waals surface area (Å²) in [5, 5.41) is 2.79. The molecule has 0 aliphatic carbocycles. The molecule has 2 aromatic rings. The molecule has 22 heavy (non-hydrogen) atoms. The molecule has 0 bridgehead atoms. The van der Waals surface area contributed by atoms with Crippen molar-refractivity contribution in [3.63, 3.8) is 0 Å². The normalized spacial score (nSPS) is 11.9. The van der Waals surface area contributed by atoms with Crippen molar-refractivity contribution in [2.75, 3.05) is 13.2 Å². The largest absolute Gasteiger partial charge is 0.374 e. The first kappa shape index (κ1) is 16.2. The molecule has 2 aromatic carbocycles. The van der Waals surface area contributed by atoms with E-state index >= 15 is 0 Å². The van der Waals surface area contributed by atoms with Crippen LogP contribution in [0, 0.1) is 5.82 Å². The van der Waals surface area contributed by atoms with E-state index in [2.05, 4.69) is 5.32 Å². The molecule has 0 spiro atoms. The van der Waals surface area contributed by atoms with E-state index in [4.69, 9.17) is 4.74 Å². The summed E-state index contributed by atoms with van der Waals surface area (Å²) >= 11 is 0. The summed E-state index contributed by atoms with van der Waals surface area (Å²) in [7, 11) is 0. The van der Waals surface area contributed by atoms with Gasteiger partial charge in [-0.05, 0) is 43.2 Å². The summed E-state index contributed by atoms with van der Waals surface area (Å²) < 4.78 is 18.5. The van der Waals surface area contributed by atoms with Gasteiger partial charge in [0, 0.05) is 18.7 Å². The lowest BCUT2D eigenvalue weighted by Gasteiger charge is -2.13. The molecule has 0 aliphatic rings. The van der Waals surface area contributed by atoms with Gasteiger partial charge >= 0.3 is 0 Å². The van der Waals surface area contributed by atoms with Crippen molar-refractivity contribution in [1.82, 2.24) is 5.32 Å². The molecule has 3 nitrogen and oxygen atoms in total. The number of carbonyl (C=O) groups is 1. The summed E-state index contributed by atoms with van der Waals surface area (Å²) in [4.78, 5) is 11.8. The maximum atomic E-state index is 12.8. The van der Waals surface area contributed by atoms with Gasteiger partial charge in [0.25, 0.3) is 5.91 Å². The highest BCUT2D eigenvalue weighted by atomic mass is 19.1. The summed E-state index contributed by atoms with van der Waals surface area (Å²) in [6.07, 6.45) is 0.762. The SMILES string of the molecule is CC(OCCCNC(=O)c1ccc(F)cc1)c1ccccc1. The molecule has 1 amide bonds. The van der Waals surface area contributed by atoms with Crippen LogP contribution in [0.1, 0.15) is 35.4 Å². The fourth-order valence-electron chi connectivity index (χ4n) is 2.06. The Kier molecular flexibility index (Phi) is 6.10. The number of hydrogen-bond donors (Lipinski definition) is 1. The number of carbonyl (C=O) groups excluding carboxylic acids is 1. The van der Waals surface area contributed by atoms with Gasteiger partial charge in [0.1, 0.15) is 5.82 Å². The zero-order valence-electron chi connectivity index (χ0n) is 12.6. The maximum Gasteiger partial charge on any atom is 0.251 e. The minimum atomic E-state index is -0.347. The predicted molar refractivity (Wildman–Crippen MR) is 84.2 cm³/mol. The quantitative estimate of drug-likeness (QED) is 0.791. The Bertz CT molecular complexity index is 584. The van der Waals surface area contributed by atoms with Crippen molar-refractivity contribution >= 4 is 5.91 Å². The number of halogens is 1. The molecular formula is C18H20FNO2. The highest BCUT2D eigenvalue weighted by molar-refractivity contribution is 5.94. The van der Waals surface area contributed by atoms with Crippen LogP contribution >= 0.6 is 0 Å². The standard InChI is InChI=1S/C18H20FNO2/c1-14(15-6-3-2-4-7-15)22-13-5-12-20-18(21)16-8-10-17(19)11-9-16/h2-4,6-11,14H,5,12-13H2,1H3,(H,20,21). The smallest absolute Gasteiger partial charge is 0.251 e. The van der Waals surface area contributed by atoms with Gasteiger partial charge in [-0.2, -0.15) is 0 Å². The molecular weight excluding hydrogens is 281 g/mol. The zero-order chi connectivity index (χ0) is 15.8. The number of amides is 1. The van der Waals surface area contributed by atoms with E-state index in [0.717, 1.165) is 12.0 Å². The molecule has 0 radical (unpaired) electrons. The first-order chi connectivity index (χ1) is 10.7. The average molecular weight is 301 g/mol. The van der Waals surface area contributed by atoms with Gasteiger partial charge in [0.2, 0.25) is 0 Å². The van der Waals surface area contributed by atoms with Crippen LogP contribution in [0.15, 0.2) is 54.6 Å². The van der Waals surface area contributed by atoms with Gasteiger partial charge in [-0.1, -0.05) is 30.3 Å². The van der Waals surface area contributed by atoms with E-state index in [1.54, 1.807) is 0 Å². The molecule has 2 rings (SSSR count). The Labute approximate surface area is 130 Å². The second kappa shape index (κ2) is 8.29. The molecule has 0 aromatic heterocycles. The lowest BCUT2D eigenvalue weighted by atomic mass is 10.1. The molecule has 1 N–H and O–H groups in total. The van der Waals surface area contributed by atoms with Crippen LogP contribution in [-0.4, -0.2) is 19.1 Å². The van der Waals surface area contributed by atoms with Crippen LogP contribution in [0.5, 0.6) is 0 Å². The van der Waals surface area contributed by atoms with Crippen molar-refractivity contribution in [3.05, 3.63) is 71.5 Å². The molecule has 0 saturated carbocycles. The Morgan fingerprint density at radius 3 is 2.50 bits per heavy atom. The van der Waals surface area contributed by atoms with E-state index in [-0.39, 0.29) is 17.8 Å². The Morgan fingerprint density at radius 1 is 1.14 bits per heavy atom. The van der Waals surface area contributed by atoms with Crippen LogP contribution in [0.3, 0.4) is 0 Å². The molecule has 0 heterocycles. The molecule has 116 valence electrons. The van der Waals surface area contributed by atoms with Crippen LogP contribution in [-0.2, 0) is 4.74 Å². The van der Waals surface area contributed by atoms with E-state index in [9.17, 15) is 9.18 Å². The number of hydrogen-bond acceptors (Lipinski definition) is 2. The van der Waals surface area contributed by atoms with Gasteiger partial charge < -0.3 is 10.1 Å². The predicted octanol–water partition coefficient (Wildman–Crippen LogP) is 3.72. The summed E-state index contributed by atoms with van der Waals surface area (Å²) in [5.74, 6) is -0.545. The fourth-order valence-corrected chi connectivity index (χ4v) is 2.06. The highest BCUT2D eigenvalue weighted by Crippen LogP contribution is 2.15. The van der Waals surface area contributed by atoms with Crippen molar-refractivity contribution in [1.29, 1.82) is 0 Å². The van der Waals surface area contributed by atoms with Crippen LogP contribution in [0.25, 0.3) is 0 Å². The lowest BCUT2D eigenvalue weighted by Crippen LogP contribution is -2.25. The summed E-state index contributed by atoms with van der Waals surface area (Å²) in [6.45, 7) is 3.10. The third-order valence-corrected chi connectivity index (χ3v) is 3.35.